The number of thiocarbonyl (C=S) groups is 1. The van der Waals surface area contributed by atoms with Gasteiger partial charge in [-0.15, -0.1) is 0 Å². The van der Waals surface area contributed by atoms with Gasteiger partial charge in [0.2, 0.25) is 23.7 Å². The summed E-state index contributed by atoms with van der Waals surface area (Å²) in [4.78, 5) is 30.6. The predicted molar refractivity (Wildman–Crippen MR) is 98.3 cm³/mol. The SMILES string of the molecule is Cc1ccc(CNC(=O)CCN2C(=O)C3C=C4OCOC4=CC3=NC2=S)o1. The number of aryl methyl sites for hydroxylation is 1. The lowest BCUT2D eigenvalue weighted by molar-refractivity contribution is -0.129. The molecule has 4 rings (SSSR count). The molecule has 1 unspecified atom stereocenters. The first-order chi connectivity index (χ1) is 13.0. The van der Waals surface area contributed by atoms with Crippen LogP contribution in [-0.4, -0.2) is 40.9 Å². The van der Waals surface area contributed by atoms with Crippen LogP contribution in [0.5, 0.6) is 0 Å². The highest BCUT2D eigenvalue weighted by Crippen LogP contribution is 2.31. The van der Waals surface area contributed by atoms with Crippen molar-refractivity contribution >= 4 is 34.9 Å². The van der Waals surface area contributed by atoms with Crippen LogP contribution in [0.2, 0.25) is 0 Å². The van der Waals surface area contributed by atoms with Crippen LogP contribution in [-0.2, 0) is 25.6 Å². The molecule has 1 N–H and O–H groups in total. The van der Waals surface area contributed by atoms with Crippen LogP contribution in [0.15, 0.2) is 45.2 Å². The zero-order chi connectivity index (χ0) is 19.0. The first-order valence-corrected chi connectivity index (χ1v) is 8.87. The largest absolute Gasteiger partial charge is 0.465 e. The molecular formula is C18H17N3O5S. The summed E-state index contributed by atoms with van der Waals surface area (Å²) in [5.74, 6) is 1.55. The van der Waals surface area contributed by atoms with Crippen LogP contribution in [0.1, 0.15) is 17.9 Å². The fourth-order valence-electron chi connectivity index (χ4n) is 3.01. The lowest BCUT2D eigenvalue weighted by Gasteiger charge is -2.30. The standard InChI is InChI=1S/C18H17N3O5S/c1-10-2-3-11(26-10)8-19-16(22)4-5-21-17(23)12-6-14-15(25-9-24-14)7-13(12)20-18(21)27/h2-3,6-7,12H,4-5,8-9H2,1H3,(H,19,22). The zero-order valence-electron chi connectivity index (χ0n) is 14.6. The first-order valence-electron chi connectivity index (χ1n) is 8.46. The molecule has 3 aliphatic rings. The van der Waals surface area contributed by atoms with Crippen molar-refractivity contribution in [3.8, 4) is 0 Å². The average molecular weight is 387 g/mol. The highest BCUT2D eigenvalue weighted by atomic mass is 32.1. The second-order valence-electron chi connectivity index (χ2n) is 6.27. The Labute approximate surface area is 160 Å². The molecular weight excluding hydrogens is 370 g/mol. The predicted octanol–water partition coefficient (Wildman–Crippen LogP) is 1.56. The minimum Gasteiger partial charge on any atom is -0.465 e. The number of nitrogens with one attached hydrogen (secondary N) is 1. The number of rotatable bonds is 5. The number of allylic oxidation sites excluding steroid dienone is 1. The van der Waals surface area contributed by atoms with Gasteiger partial charge in [0, 0.05) is 19.0 Å². The van der Waals surface area contributed by atoms with E-state index in [4.69, 9.17) is 26.1 Å². The minimum absolute atomic E-state index is 0.112. The fourth-order valence-corrected chi connectivity index (χ4v) is 3.30. The van der Waals surface area contributed by atoms with Crippen LogP contribution in [0.4, 0.5) is 0 Å². The minimum atomic E-state index is -0.577. The molecule has 9 heteroatoms. The van der Waals surface area contributed by atoms with E-state index in [9.17, 15) is 9.59 Å². The van der Waals surface area contributed by atoms with E-state index in [0.29, 0.717) is 29.5 Å². The summed E-state index contributed by atoms with van der Waals surface area (Å²) in [6, 6.07) is 3.64. The molecule has 27 heavy (non-hydrogen) atoms. The van der Waals surface area contributed by atoms with Crippen molar-refractivity contribution in [2.45, 2.75) is 19.9 Å². The summed E-state index contributed by atoms with van der Waals surface area (Å²) in [6.07, 6.45) is 3.46. The fraction of sp³-hybridized carbons (Fsp3) is 0.333. The van der Waals surface area contributed by atoms with Crippen molar-refractivity contribution in [3.63, 3.8) is 0 Å². The highest BCUT2D eigenvalue weighted by molar-refractivity contribution is 7.80. The summed E-state index contributed by atoms with van der Waals surface area (Å²) >= 11 is 5.24. The summed E-state index contributed by atoms with van der Waals surface area (Å²) in [5.41, 5.74) is 0.531. The van der Waals surface area contributed by atoms with E-state index in [1.165, 1.54) is 4.90 Å². The van der Waals surface area contributed by atoms with Crippen molar-refractivity contribution in [1.82, 2.24) is 10.2 Å². The maximum absolute atomic E-state index is 12.8. The Morgan fingerprint density at radius 1 is 1.37 bits per heavy atom. The van der Waals surface area contributed by atoms with Gasteiger partial charge in [-0.1, -0.05) is 0 Å². The normalized spacial score (nSPS) is 20.7. The number of fused-ring (bicyclic) bond motifs is 2. The third kappa shape index (κ3) is 3.50. The van der Waals surface area contributed by atoms with Crippen molar-refractivity contribution in [2.24, 2.45) is 10.9 Å². The third-order valence-corrected chi connectivity index (χ3v) is 4.71. The lowest BCUT2D eigenvalue weighted by atomic mass is 9.94. The van der Waals surface area contributed by atoms with Gasteiger partial charge in [0.15, 0.2) is 11.5 Å². The van der Waals surface area contributed by atoms with Crippen LogP contribution < -0.4 is 5.32 Å². The molecule has 0 radical (unpaired) electrons. The number of hydrogen-bond acceptors (Lipinski definition) is 6. The van der Waals surface area contributed by atoms with Crippen LogP contribution in [0.25, 0.3) is 0 Å². The first kappa shape index (κ1) is 17.5. The second-order valence-corrected chi connectivity index (χ2v) is 6.64. The van der Waals surface area contributed by atoms with Gasteiger partial charge in [0.1, 0.15) is 17.4 Å². The number of furan rings is 1. The van der Waals surface area contributed by atoms with Gasteiger partial charge in [-0.25, -0.2) is 4.99 Å². The monoisotopic (exact) mass is 387 g/mol. The number of hydrogen-bond donors (Lipinski definition) is 1. The smallest absolute Gasteiger partial charge is 0.241 e. The molecule has 8 nitrogen and oxygen atoms in total. The van der Waals surface area contributed by atoms with E-state index in [-0.39, 0.29) is 36.7 Å². The highest BCUT2D eigenvalue weighted by Gasteiger charge is 2.38. The molecule has 3 heterocycles. The van der Waals surface area contributed by atoms with E-state index < -0.39 is 5.92 Å². The topological polar surface area (TPSA) is 93.4 Å². The number of nitrogens with zero attached hydrogens (tertiary/aromatic N) is 2. The van der Waals surface area contributed by atoms with Gasteiger partial charge in [-0.05, 0) is 37.4 Å². The maximum atomic E-state index is 12.8. The van der Waals surface area contributed by atoms with E-state index >= 15 is 0 Å². The Morgan fingerprint density at radius 2 is 2.19 bits per heavy atom. The number of amides is 2. The van der Waals surface area contributed by atoms with Crippen LogP contribution >= 0.6 is 12.2 Å². The van der Waals surface area contributed by atoms with Gasteiger partial charge >= 0.3 is 0 Å². The summed E-state index contributed by atoms with van der Waals surface area (Å²) in [7, 11) is 0. The molecule has 2 amide bonds. The van der Waals surface area contributed by atoms with Crippen LogP contribution in [0.3, 0.4) is 0 Å². The lowest BCUT2D eigenvalue weighted by Crippen LogP contribution is -2.47. The average Bonchev–Trinajstić information content (AvgIpc) is 3.26. The van der Waals surface area contributed by atoms with E-state index in [1.54, 1.807) is 12.2 Å². The molecule has 0 bridgehead atoms. The second kappa shape index (κ2) is 6.99. The molecule has 140 valence electrons. The van der Waals surface area contributed by atoms with Gasteiger partial charge in [-0.3, -0.25) is 14.5 Å². The van der Waals surface area contributed by atoms with Crippen molar-refractivity contribution in [3.05, 3.63) is 47.3 Å². The molecule has 0 saturated carbocycles. The Morgan fingerprint density at radius 3 is 2.96 bits per heavy atom. The number of ether oxygens (including phenoxy) is 2. The Kier molecular flexibility index (Phi) is 4.53. The molecule has 0 spiro atoms. The molecule has 1 saturated heterocycles. The third-order valence-electron chi connectivity index (χ3n) is 4.39. The molecule has 1 fully saturated rings. The Bertz CT molecular complexity index is 914. The van der Waals surface area contributed by atoms with Crippen molar-refractivity contribution < 1.29 is 23.5 Å². The van der Waals surface area contributed by atoms with Gasteiger partial charge in [0.25, 0.3) is 0 Å². The summed E-state index contributed by atoms with van der Waals surface area (Å²) in [5, 5.41) is 2.91. The molecule has 1 aromatic rings. The molecule has 0 aromatic carbocycles. The maximum Gasteiger partial charge on any atom is 0.241 e. The van der Waals surface area contributed by atoms with E-state index in [0.717, 1.165) is 5.76 Å². The van der Waals surface area contributed by atoms with E-state index in [1.807, 2.05) is 19.1 Å². The zero-order valence-corrected chi connectivity index (χ0v) is 15.4. The van der Waals surface area contributed by atoms with Crippen molar-refractivity contribution in [2.75, 3.05) is 13.3 Å². The van der Waals surface area contributed by atoms with Gasteiger partial charge in [0.05, 0.1) is 12.3 Å². The van der Waals surface area contributed by atoms with Crippen LogP contribution in [0, 0.1) is 12.8 Å². The molecule has 1 aliphatic carbocycles. The molecule has 1 aromatic heterocycles. The Hall–Kier alpha value is -2.94. The van der Waals surface area contributed by atoms with Crippen molar-refractivity contribution in [1.29, 1.82) is 0 Å². The number of carbonyl (C=O) groups excluding carboxylic acids is 2. The molecule has 2 aliphatic heterocycles. The summed E-state index contributed by atoms with van der Waals surface area (Å²) < 4.78 is 16.0. The Balaban J connectivity index is 1.37. The van der Waals surface area contributed by atoms with E-state index in [2.05, 4.69) is 10.3 Å². The van der Waals surface area contributed by atoms with Gasteiger partial charge < -0.3 is 19.2 Å². The molecule has 1 atom stereocenters. The number of carbonyl (C=O) groups is 2. The number of aliphatic imine (C=N–C) groups is 1. The van der Waals surface area contributed by atoms with Gasteiger partial charge in [-0.2, -0.15) is 0 Å². The quantitative estimate of drug-likeness (QED) is 0.771. The summed E-state index contributed by atoms with van der Waals surface area (Å²) in [6.45, 7) is 2.41.